The first-order valence-electron chi connectivity index (χ1n) is 10.7. The van der Waals surface area contributed by atoms with Crippen molar-refractivity contribution < 1.29 is 14.2 Å². The van der Waals surface area contributed by atoms with E-state index in [2.05, 4.69) is 32.7 Å². The van der Waals surface area contributed by atoms with E-state index in [0.717, 1.165) is 69.1 Å². The summed E-state index contributed by atoms with van der Waals surface area (Å²) in [6.45, 7) is 7.17. The number of halogens is 1. The first-order valence-corrected chi connectivity index (χ1v) is 10.7. The number of aliphatic imine (C=N–C) groups is 1. The molecule has 0 bridgehead atoms. The fourth-order valence-electron chi connectivity index (χ4n) is 3.31. The molecular formula is C22H39IN4O3. The third-order valence-corrected chi connectivity index (χ3v) is 5.02. The van der Waals surface area contributed by atoms with Crippen LogP contribution in [-0.4, -0.2) is 77.6 Å². The summed E-state index contributed by atoms with van der Waals surface area (Å²) in [5, 5.41) is 6.82. The molecule has 1 fully saturated rings. The van der Waals surface area contributed by atoms with E-state index in [0.29, 0.717) is 6.61 Å². The lowest BCUT2D eigenvalue weighted by Crippen LogP contribution is -2.43. The molecule has 7 nitrogen and oxygen atoms in total. The summed E-state index contributed by atoms with van der Waals surface area (Å²) in [5.41, 5.74) is 1.25. The van der Waals surface area contributed by atoms with E-state index >= 15 is 0 Å². The number of aryl methyl sites for hydroxylation is 1. The normalized spacial score (nSPS) is 13.7. The number of nitrogens with one attached hydrogen (secondary N) is 2. The Hall–Kier alpha value is -1.26. The topological polar surface area (TPSA) is 67.4 Å². The molecule has 8 heteroatoms. The van der Waals surface area contributed by atoms with Crippen LogP contribution in [0.25, 0.3) is 0 Å². The number of methoxy groups -OCH3 is 2. The van der Waals surface area contributed by atoms with E-state index < -0.39 is 0 Å². The van der Waals surface area contributed by atoms with Gasteiger partial charge in [0.25, 0.3) is 0 Å². The minimum Gasteiger partial charge on any atom is -0.493 e. The van der Waals surface area contributed by atoms with Gasteiger partial charge in [-0.1, -0.05) is 6.07 Å². The lowest BCUT2D eigenvalue weighted by molar-refractivity contribution is 0.144. The highest BCUT2D eigenvalue weighted by atomic mass is 127. The summed E-state index contributed by atoms with van der Waals surface area (Å²) in [6, 6.07) is 6.89. The Balaban J connectivity index is 0.00000450. The van der Waals surface area contributed by atoms with Crippen LogP contribution in [0.15, 0.2) is 23.2 Å². The fraction of sp³-hybridized carbons (Fsp3) is 0.682. The molecule has 0 spiro atoms. The number of guanidine groups is 1. The lowest BCUT2D eigenvalue weighted by Gasteiger charge is -2.22. The van der Waals surface area contributed by atoms with E-state index in [1.54, 1.807) is 14.2 Å². The third-order valence-electron chi connectivity index (χ3n) is 5.02. The molecule has 0 saturated heterocycles. The van der Waals surface area contributed by atoms with Gasteiger partial charge in [0.15, 0.2) is 17.5 Å². The monoisotopic (exact) mass is 534 g/mol. The van der Waals surface area contributed by atoms with Crippen LogP contribution >= 0.6 is 24.0 Å². The van der Waals surface area contributed by atoms with E-state index in [9.17, 15) is 0 Å². The zero-order valence-corrected chi connectivity index (χ0v) is 21.2. The Morgan fingerprint density at radius 3 is 2.53 bits per heavy atom. The average molecular weight is 534 g/mol. The van der Waals surface area contributed by atoms with Crippen LogP contribution in [0.3, 0.4) is 0 Å². The van der Waals surface area contributed by atoms with Crippen molar-refractivity contribution in [1.29, 1.82) is 0 Å². The molecule has 30 heavy (non-hydrogen) atoms. The molecule has 1 aliphatic carbocycles. The minimum atomic E-state index is 0. The van der Waals surface area contributed by atoms with Gasteiger partial charge in [0.05, 0.1) is 20.3 Å². The summed E-state index contributed by atoms with van der Waals surface area (Å²) in [6.07, 6.45) is 4.61. The average Bonchev–Trinajstić information content (AvgIpc) is 3.57. The number of ether oxygens (including phenoxy) is 3. The molecule has 1 aromatic rings. The number of benzene rings is 1. The molecule has 0 unspecified atom stereocenters. The van der Waals surface area contributed by atoms with Crippen LogP contribution in [-0.2, 0) is 11.2 Å². The Kier molecular flexibility index (Phi) is 13.9. The first kappa shape index (κ1) is 26.8. The van der Waals surface area contributed by atoms with Gasteiger partial charge >= 0.3 is 0 Å². The quantitative estimate of drug-likeness (QED) is 0.166. The number of hydrogen-bond donors (Lipinski definition) is 2. The maximum absolute atomic E-state index is 5.66. The molecular weight excluding hydrogens is 495 g/mol. The van der Waals surface area contributed by atoms with Crippen LogP contribution < -0.4 is 20.1 Å². The van der Waals surface area contributed by atoms with Gasteiger partial charge in [-0.05, 0) is 50.3 Å². The minimum absolute atomic E-state index is 0. The molecule has 0 atom stereocenters. The van der Waals surface area contributed by atoms with Gasteiger partial charge in [0, 0.05) is 46.4 Å². The van der Waals surface area contributed by atoms with Crippen molar-refractivity contribution in [1.82, 2.24) is 15.5 Å². The van der Waals surface area contributed by atoms with E-state index in [-0.39, 0.29) is 24.0 Å². The molecule has 1 aliphatic rings. The van der Waals surface area contributed by atoms with Crippen LogP contribution in [0.2, 0.25) is 0 Å². The van der Waals surface area contributed by atoms with E-state index in [1.165, 1.54) is 18.4 Å². The molecule has 1 saturated carbocycles. The first-order chi connectivity index (χ1) is 14.2. The van der Waals surface area contributed by atoms with Crippen molar-refractivity contribution in [3.8, 4) is 11.5 Å². The lowest BCUT2D eigenvalue weighted by atomic mass is 10.1. The van der Waals surface area contributed by atoms with Crippen LogP contribution in [0.1, 0.15) is 31.7 Å². The molecule has 2 rings (SSSR count). The van der Waals surface area contributed by atoms with Gasteiger partial charge in [-0.15, -0.1) is 24.0 Å². The predicted octanol–water partition coefficient (Wildman–Crippen LogP) is 2.92. The number of hydrogen-bond acceptors (Lipinski definition) is 5. The van der Waals surface area contributed by atoms with Gasteiger partial charge in [-0.25, -0.2) is 0 Å². The zero-order valence-electron chi connectivity index (χ0n) is 18.9. The van der Waals surface area contributed by atoms with Gasteiger partial charge in [-0.3, -0.25) is 9.89 Å². The largest absolute Gasteiger partial charge is 0.493 e. The standard InChI is InChI=1S/C22H38N4O3.HI/c1-5-29-21-17-18(8-11-20(21)28-4)7-6-12-24-22(23-2)25-13-14-26(15-16-27-3)19-9-10-19;/h8,11,17,19H,5-7,9-10,12-16H2,1-4H3,(H2,23,24,25);1H. The smallest absolute Gasteiger partial charge is 0.191 e. The number of rotatable bonds is 14. The van der Waals surface area contributed by atoms with Gasteiger partial charge in [0.2, 0.25) is 0 Å². The highest BCUT2D eigenvalue weighted by Gasteiger charge is 2.28. The zero-order chi connectivity index (χ0) is 20.9. The molecule has 0 heterocycles. The Labute approximate surface area is 199 Å². The van der Waals surface area contributed by atoms with Crippen LogP contribution in [0.5, 0.6) is 11.5 Å². The highest BCUT2D eigenvalue weighted by molar-refractivity contribution is 14.0. The van der Waals surface area contributed by atoms with Crippen LogP contribution in [0, 0.1) is 0 Å². The summed E-state index contributed by atoms with van der Waals surface area (Å²) in [4.78, 5) is 6.83. The van der Waals surface area contributed by atoms with E-state index in [1.807, 2.05) is 20.0 Å². The van der Waals surface area contributed by atoms with Crippen molar-refractivity contribution >= 4 is 29.9 Å². The second-order valence-corrected chi connectivity index (χ2v) is 7.21. The predicted molar refractivity (Wildman–Crippen MR) is 134 cm³/mol. The molecule has 1 aromatic carbocycles. The fourth-order valence-corrected chi connectivity index (χ4v) is 3.31. The number of nitrogens with zero attached hydrogens (tertiary/aromatic N) is 2. The van der Waals surface area contributed by atoms with E-state index in [4.69, 9.17) is 14.2 Å². The Morgan fingerprint density at radius 1 is 1.13 bits per heavy atom. The Bertz CT molecular complexity index is 626. The van der Waals surface area contributed by atoms with Gasteiger partial charge in [0.1, 0.15) is 0 Å². The molecule has 0 aliphatic heterocycles. The summed E-state index contributed by atoms with van der Waals surface area (Å²) < 4.78 is 16.2. The van der Waals surface area contributed by atoms with Crippen molar-refractivity contribution in [2.24, 2.45) is 4.99 Å². The second-order valence-electron chi connectivity index (χ2n) is 7.21. The van der Waals surface area contributed by atoms with Crippen molar-refractivity contribution in [2.75, 3.05) is 60.7 Å². The van der Waals surface area contributed by atoms with Crippen molar-refractivity contribution in [3.63, 3.8) is 0 Å². The highest BCUT2D eigenvalue weighted by Crippen LogP contribution is 2.28. The van der Waals surface area contributed by atoms with Gasteiger partial charge in [-0.2, -0.15) is 0 Å². The Morgan fingerprint density at radius 2 is 1.90 bits per heavy atom. The van der Waals surface area contributed by atoms with Crippen molar-refractivity contribution in [2.45, 2.75) is 38.6 Å². The maximum atomic E-state index is 5.66. The molecule has 0 radical (unpaired) electrons. The maximum Gasteiger partial charge on any atom is 0.191 e. The SMILES string of the molecule is CCOc1cc(CCCNC(=NC)NCCN(CCOC)C2CC2)ccc1OC.I. The molecule has 2 N–H and O–H groups in total. The summed E-state index contributed by atoms with van der Waals surface area (Å²) in [7, 11) is 5.25. The molecule has 0 aromatic heterocycles. The summed E-state index contributed by atoms with van der Waals surface area (Å²) in [5.74, 6) is 2.45. The molecule has 172 valence electrons. The third kappa shape index (κ3) is 9.70. The van der Waals surface area contributed by atoms with Crippen LogP contribution in [0.4, 0.5) is 0 Å². The second kappa shape index (κ2) is 15.5. The van der Waals surface area contributed by atoms with Crippen molar-refractivity contribution in [3.05, 3.63) is 23.8 Å². The summed E-state index contributed by atoms with van der Waals surface area (Å²) >= 11 is 0. The molecule has 0 amide bonds. The van der Waals surface area contributed by atoms with Gasteiger partial charge < -0.3 is 24.8 Å².